The fraction of sp³-hybridized carbons (Fsp3) is 0.222. The predicted octanol–water partition coefficient (Wildman–Crippen LogP) is 2.98. The standard InChI is InChI=1S/C9H8BrF2N3/c10-3-4-1-2-5-7(6(4)8(11)12)15-9(13)14-5/h1-2,8H,3H2,(H3,13,14,15). The van der Waals surface area contributed by atoms with Gasteiger partial charge in [0.05, 0.1) is 11.0 Å². The van der Waals surface area contributed by atoms with Gasteiger partial charge in [0, 0.05) is 10.9 Å². The molecule has 0 saturated carbocycles. The number of aromatic amines is 1. The van der Waals surface area contributed by atoms with Gasteiger partial charge >= 0.3 is 0 Å². The number of aromatic nitrogens is 2. The molecule has 80 valence electrons. The van der Waals surface area contributed by atoms with Crippen molar-refractivity contribution in [2.24, 2.45) is 0 Å². The first kappa shape index (κ1) is 10.4. The lowest BCUT2D eigenvalue weighted by Gasteiger charge is -2.06. The molecular weight excluding hydrogens is 268 g/mol. The minimum Gasteiger partial charge on any atom is -0.369 e. The summed E-state index contributed by atoms with van der Waals surface area (Å²) in [5, 5.41) is 0.370. The Balaban J connectivity index is 2.78. The first-order valence-electron chi connectivity index (χ1n) is 4.24. The maximum absolute atomic E-state index is 12.8. The van der Waals surface area contributed by atoms with E-state index in [1.165, 1.54) is 0 Å². The number of fused-ring (bicyclic) bond motifs is 1. The zero-order valence-electron chi connectivity index (χ0n) is 7.60. The maximum Gasteiger partial charge on any atom is 0.266 e. The molecule has 0 aliphatic carbocycles. The normalized spacial score (nSPS) is 11.5. The second-order valence-electron chi connectivity index (χ2n) is 3.09. The molecule has 0 saturated heterocycles. The van der Waals surface area contributed by atoms with Crippen LogP contribution in [0.1, 0.15) is 17.6 Å². The van der Waals surface area contributed by atoms with Crippen molar-refractivity contribution in [3.8, 4) is 0 Å². The van der Waals surface area contributed by atoms with Crippen LogP contribution in [0.4, 0.5) is 14.7 Å². The SMILES string of the molecule is Nc1nc2c(C(F)F)c(CBr)ccc2[nH]1. The van der Waals surface area contributed by atoms with Gasteiger partial charge in [-0.15, -0.1) is 0 Å². The Morgan fingerprint density at radius 3 is 2.80 bits per heavy atom. The molecule has 0 amide bonds. The van der Waals surface area contributed by atoms with E-state index in [0.29, 0.717) is 16.4 Å². The van der Waals surface area contributed by atoms with Crippen LogP contribution < -0.4 is 5.73 Å². The van der Waals surface area contributed by atoms with Crippen LogP contribution in [0.2, 0.25) is 0 Å². The smallest absolute Gasteiger partial charge is 0.266 e. The van der Waals surface area contributed by atoms with E-state index in [1.54, 1.807) is 12.1 Å². The Morgan fingerprint density at radius 2 is 2.20 bits per heavy atom. The number of halogens is 3. The molecule has 3 N–H and O–H groups in total. The Morgan fingerprint density at radius 1 is 1.47 bits per heavy atom. The summed E-state index contributed by atoms with van der Waals surface area (Å²) in [6.45, 7) is 0. The molecule has 0 unspecified atom stereocenters. The minimum atomic E-state index is -2.55. The van der Waals surface area contributed by atoms with E-state index in [2.05, 4.69) is 25.9 Å². The first-order valence-corrected chi connectivity index (χ1v) is 5.36. The van der Waals surface area contributed by atoms with Crippen molar-refractivity contribution in [2.45, 2.75) is 11.8 Å². The van der Waals surface area contributed by atoms with Crippen LogP contribution in [0.25, 0.3) is 11.0 Å². The third kappa shape index (κ3) is 1.69. The van der Waals surface area contributed by atoms with E-state index in [0.717, 1.165) is 0 Å². The highest BCUT2D eigenvalue weighted by atomic mass is 79.9. The summed E-state index contributed by atoms with van der Waals surface area (Å²) in [4.78, 5) is 6.59. The fourth-order valence-electron chi connectivity index (χ4n) is 1.52. The summed E-state index contributed by atoms with van der Waals surface area (Å²) in [7, 11) is 0. The number of nitrogens with one attached hydrogen (secondary N) is 1. The van der Waals surface area contributed by atoms with Gasteiger partial charge in [0.15, 0.2) is 5.95 Å². The average Bonchev–Trinajstić information content (AvgIpc) is 2.55. The van der Waals surface area contributed by atoms with E-state index in [-0.39, 0.29) is 17.0 Å². The number of benzene rings is 1. The lowest BCUT2D eigenvalue weighted by Crippen LogP contribution is -1.94. The molecule has 0 fully saturated rings. The second kappa shape index (κ2) is 3.77. The monoisotopic (exact) mass is 275 g/mol. The van der Waals surface area contributed by atoms with Gasteiger partial charge < -0.3 is 10.7 Å². The van der Waals surface area contributed by atoms with Gasteiger partial charge in [-0.1, -0.05) is 22.0 Å². The summed E-state index contributed by atoms with van der Waals surface area (Å²) < 4.78 is 25.7. The Kier molecular flexibility index (Phi) is 2.60. The summed E-state index contributed by atoms with van der Waals surface area (Å²) in [6.07, 6.45) is -2.55. The van der Waals surface area contributed by atoms with E-state index >= 15 is 0 Å². The van der Waals surface area contributed by atoms with Crippen molar-refractivity contribution in [3.05, 3.63) is 23.3 Å². The summed E-state index contributed by atoms with van der Waals surface area (Å²) >= 11 is 3.17. The van der Waals surface area contributed by atoms with Gasteiger partial charge in [0.25, 0.3) is 6.43 Å². The van der Waals surface area contributed by atoms with E-state index in [4.69, 9.17) is 5.73 Å². The molecule has 1 aromatic carbocycles. The van der Waals surface area contributed by atoms with Crippen LogP contribution in [-0.2, 0) is 5.33 Å². The number of nitrogens with zero attached hydrogens (tertiary/aromatic N) is 1. The molecule has 0 bridgehead atoms. The fourth-order valence-corrected chi connectivity index (χ4v) is 2.01. The number of imidazole rings is 1. The molecule has 0 aliphatic rings. The Hall–Kier alpha value is -1.17. The van der Waals surface area contributed by atoms with Crippen LogP contribution in [-0.4, -0.2) is 9.97 Å². The average molecular weight is 276 g/mol. The van der Waals surface area contributed by atoms with Crippen LogP contribution in [0, 0.1) is 0 Å². The molecule has 6 heteroatoms. The number of alkyl halides is 3. The summed E-state index contributed by atoms with van der Waals surface area (Å²) in [5.41, 5.74) is 6.69. The third-order valence-corrected chi connectivity index (χ3v) is 2.77. The molecular formula is C9H8BrF2N3. The van der Waals surface area contributed by atoms with E-state index in [9.17, 15) is 8.78 Å². The zero-order chi connectivity index (χ0) is 11.0. The predicted molar refractivity (Wildman–Crippen MR) is 58.1 cm³/mol. The number of nitrogen functional groups attached to an aromatic ring is 1. The molecule has 15 heavy (non-hydrogen) atoms. The van der Waals surface area contributed by atoms with Crippen molar-refractivity contribution < 1.29 is 8.78 Å². The zero-order valence-corrected chi connectivity index (χ0v) is 9.18. The number of H-pyrrole nitrogens is 1. The van der Waals surface area contributed by atoms with Crippen LogP contribution in [0.15, 0.2) is 12.1 Å². The first-order chi connectivity index (χ1) is 7.13. The summed E-state index contributed by atoms with van der Waals surface area (Å²) in [6, 6.07) is 3.33. The topological polar surface area (TPSA) is 54.7 Å². The van der Waals surface area contributed by atoms with Gasteiger partial charge in [-0.25, -0.2) is 13.8 Å². The number of hydrogen-bond donors (Lipinski definition) is 2. The van der Waals surface area contributed by atoms with Gasteiger partial charge in [-0.05, 0) is 11.6 Å². The highest BCUT2D eigenvalue weighted by molar-refractivity contribution is 9.08. The quantitative estimate of drug-likeness (QED) is 0.828. The molecule has 2 aromatic rings. The molecule has 0 spiro atoms. The maximum atomic E-state index is 12.8. The van der Waals surface area contributed by atoms with Crippen LogP contribution >= 0.6 is 15.9 Å². The van der Waals surface area contributed by atoms with Gasteiger partial charge in [-0.2, -0.15) is 0 Å². The van der Waals surface area contributed by atoms with Crippen molar-refractivity contribution in [2.75, 3.05) is 5.73 Å². The van der Waals surface area contributed by atoms with Crippen LogP contribution in [0.5, 0.6) is 0 Å². The van der Waals surface area contributed by atoms with Crippen LogP contribution in [0.3, 0.4) is 0 Å². The molecule has 3 nitrogen and oxygen atoms in total. The van der Waals surface area contributed by atoms with E-state index < -0.39 is 6.43 Å². The number of nitrogens with two attached hydrogens (primary N) is 1. The lowest BCUT2D eigenvalue weighted by molar-refractivity contribution is 0.152. The molecule has 0 aliphatic heterocycles. The highest BCUT2D eigenvalue weighted by Gasteiger charge is 2.18. The lowest BCUT2D eigenvalue weighted by atomic mass is 10.1. The third-order valence-electron chi connectivity index (χ3n) is 2.16. The van der Waals surface area contributed by atoms with Crippen molar-refractivity contribution in [3.63, 3.8) is 0 Å². The molecule has 0 radical (unpaired) electrons. The van der Waals surface area contributed by atoms with Crippen molar-refractivity contribution in [1.29, 1.82) is 0 Å². The van der Waals surface area contributed by atoms with Crippen molar-refractivity contribution in [1.82, 2.24) is 9.97 Å². The number of anilines is 1. The molecule has 2 rings (SSSR count). The largest absolute Gasteiger partial charge is 0.369 e. The minimum absolute atomic E-state index is 0.0580. The van der Waals surface area contributed by atoms with Gasteiger partial charge in [0.2, 0.25) is 0 Å². The number of hydrogen-bond acceptors (Lipinski definition) is 2. The Bertz CT molecular complexity index is 495. The molecule has 0 atom stereocenters. The highest BCUT2D eigenvalue weighted by Crippen LogP contribution is 2.31. The second-order valence-corrected chi connectivity index (χ2v) is 3.65. The molecule has 1 heterocycles. The van der Waals surface area contributed by atoms with Gasteiger partial charge in [-0.3, -0.25) is 0 Å². The Labute approximate surface area is 92.8 Å². The van der Waals surface area contributed by atoms with Crippen molar-refractivity contribution >= 4 is 32.9 Å². The summed E-state index contributed by atoms with van der Waals surface area (Å²) in [5.74, 6) is 0.152. The molecule has 1 aromatic heterocycles. The number of rotatable bonds is 2. The van der Waals surface area contributed by atoms with Gasteiger partial charge in [0.1, 0.15) is 0 Å². The van der Waals surface area contributed by atoms with E-state index in [1.807, 2.05) is 0 Å².